The van der Waals surface area contributed by atoms with Crippen LogP contribution in [-0.4, -0.2) is 50.3 Å². The molecule has 0 saturated heterocycles. The number of hydrogen-bond acceptors (Lipinski definition) is 8. The van der Waals surface area contributed by atoms with Crippen LogP contribution in [0.2, 0.25) is 0 Å². The molecule has 0 aliphatic carbocycles. The molecule has 0 spiro atoms. The van der Waals surface area contributed by atoms with Crippen LogP contribution in [0.5, 0.6) is 0 Å². The number of esters is 4. The molecule has 0 fully saturated rings. The lowest BCUT2D eigenvalue weighted by atomic mass is 10.3. The van der Waals surface area contributed by atoms with Gasteiger partial charge < -0.3 is 18.9 Å². The van der Waals surface area contributed by atoms with Crippen molar-refractivity contribution >= 4 is 23.9 Å². The van der Waals surface area contributed by atoms with Gasteiger partial charge in [0.15, 0.2) is 6.10 Å². The van der Waals surface area contributed by atoms with E-state index in [9.17, 15) is 19.2 Å². The maximum atomic E-state index is 11.5. The fourth-order valence-corrected chi connectivity index (χ4v) is 1.13. The fraction of sp³-hybridized carbons (Fsp3) is 0.538. The highest BCUT2D eigenvalue weighted by Crippen LogP contribution is 2.03. The maximum Gasteiger partial charge on any atom is 0.355 e. The predicted molar refractivity (Wildman–Crippen MR) is 68.9 cm³/mol. The summed E-state index contributed by atoms with van der Waals surface area (Å²) in [5.74, 6) is -3.53. The highest BCUT2D eigenvalue weighted by Gasteiger charge is 2.24. The van der Waals surface area contributed by atoms with Crippen LogP contribution in [-0.2, 0) is 38.1 Å². The van der Waals surface area contributed by atoms with E-state index in [1.54, 1.807) is 13.8 Å². The van der Waals surface area contributed by atoms with Gasteiger partial charge in [0, 0.05) is 19.3 Å². The van der Waals surface area contributed by atoms with Crippen molar-refractivity contribution in [3.63, 3.8) is 0 Å². The molecule has 118 valence electrons. The van der Waals surface area contributed by atoms with Gasteiger partial charge in [0.25, 0.3) is 0 Å². The molecule has 0 rings (SSSR count). The van der Waals surface area contributed by atoms with Gasteiger partial charge in [-0.3, -0.25) is 0 Å². The molecule has 0 aromatic rings. The zero-order chi connectivity index (χ0) is 16.3. The second-order valence-corrected chi connectivity index (χ2v) is 3.65. The van der Waals surface area contributed by atoms with Gasteiger partial charge >= 0.3 is 23.9 Å². The first-order valence-corrected chi connectivity index (χ1v) is 6.23. The highest BCUT2D eigenvalue weighted by atomic mass is 16.6. The van der Waals surface area contributed by atoms with E-state index >= 15 is 0 Å². The average molecular weight is 302 g/mol. The van der Waals surface area contributed by atoms with Gasteiger partial charge in [-0.15, -0.1) is 0 Å². The molecular weight excluding hydrogens is 284 g/mol. The summed E-state index contributed by atoms with van der Waals surface area (Å²) in [6.07, 6.45) is 0.563. The Morgan fingerprint density at radius 2 is 1.67 bits per heavy atom. The molecule has 0 aromatic carbocycles. The topological polar surface area (TPSA) is 105 Å². The first-order chi connectivity index (χ1) is 9.94. The number of hydrogen-bond donors (Lipinski definition) is 0. The van der Waals surface area contributed by atoms with Crippen LogP contribution in [0.1, 0.15) is 20.3 Å². The molecule has 0 heterocycles. The summed E-state index contributed by atoms with van der Waals surface area (Å²) < 4.78 is 18.2. The average Bonchev–Trinajstić information content (AvgIpc) is 2.42. The first kappa shape index (κ1) is 18.8. The van der Waals surface area contributed by atoms with Gasteiger partial charge in [0.05, 0.1) is 6.61 Å². The quantitative estimate of drug-likeness (QED) is 0.270. The van der Waals surface area contributed by atoms with Crippen molar-refractivity contribution in [1.82, 2.24) is 0 Å². The zero-order valence-corrected chi connectivity index (χ0v) is 12.1. The predicted octanol–water partition coefficient (Wildman–Crippen LogP) is 0.144. The first-order valence-electron chi connectivity index (χ1n) is 6.23. The van der Waals surface area contributed by atoms with Crippen LogP contribution >= 0.6 is 0 Å². The largest absolute Gasteiger partial charge is 0.463 e. The van der Waals surface area contributed by atoms with Crippen molar-refractivity contribution in [1.29, 1.82) is 0 Å². The summed E-state index contributed by atoms with van der Waals surface area (Å²) in [5, 5.41) is 0. The molecule has 0 radical (unpaired) electrons. The lowest BCUT2D eigenvalue weighted by Crippen LogP contribution is -2.31. The number of carbonyl (C=O) groups excluding carboxylic acids is 4. The van der Waals surface area contributed by atoms with E-state index in [2.05, 4.69) is 14.2 Å². The van der Waals surface area contributed by atoms with E-state index in [1.165, 1.54) is 7.11 Å². The van der Waals surface area contributed by atoms with Crippen LogP contribution in [0, 0.1) is 0 Å². The minimum Gasteiger partial charge on any atom is -0.463 e. The van der Waals surface area contributed by atoms with Crippen LogP contribution in [0.15, 0.2) is 12.2 Å². The SMILES string of the molecule is CCOC(=O)/C=C/C(=O)OC(CC)C(=O)OC(=O)COC. The van der Waals surface area contributed by atoms with E-state index in [0.29, 0.717) is 0 Å². The van der Waals surface area contributed by atoms with Gasteiger partial charge in [-0.2, -0.15) is 0 Å². The molecular formula is C13H18O8. The number of rotatable bonds is 8. The van der Waals surface area contributed by atoms with Crippen LogP contribution < -0.4 is 0 Å². The van der Waals surface area contributed by atoms with Crippen molar-refractivity contribution < 1.29 is 38.1 Å². The summed E-state index contributed by atoms with van der Waals surface area (Å²) in [5.41, 5.74) is 0. The summed E-state index contributed by atoms with van der Waals surface area (Å²) in [6.45, 7) is 2.96. The van der Waals surface area contributed by atoms with E-state index < -0.39 is 30.0 Å². The molecule has 1 atom stereocenters. The van der Waals surface area contributed by atoms with Crippen LogP contribution in [0.4, 0.5) is 0 Å². The number of carbonyl (C=O) groups is 4. The smallest absolute Gasteiger partial charge is 0.355 e. The lowest BCUT2D eigenvalue weighted by Gasteiger charge is -2.12. The standard InChI is InChI=1S/C13H18O8/c1-4-9(13(17)21-12(16)8-18-3)20-11(15)7-6-10(14)19-5-2/h6-7,9H,4-5,8H2,1-3H3/b7-6+. The highest BCUT2D eigenvalue weighted by molar-refractivity contribution is 5.94. The van der Waals surface area contributed by atoms with E-state index in [-0.39, 0.29) is 19.6 Å². The molecule has 8 nitrogen and oxygen atoms in total. The monoisotopic (exact) mass is 302 g/mol. The summed E-state index contributed by atoms with van der Waals surface area (Å²) in [7, 11) is 1.27. The third kappa shape index (κ3) is 8.53. The Morgan fingerprint density at radius 3 is 2.19 bits per heavy atom. The molecule has 0 aliphatic heterocycles. The second kappa shape index (κ2) is 10.6. The van der Waals surface area contributed by atoms with Gasteiger partial charge in [0.2, 0.25) is 0 Å². The van der Waals surface area contributed by atoms with Crippen LogP contribution in [0.25, 0.3) is 0 Å². The molecule has 0 N–H and O–H groups in total. The van der Waals surface area contributed by atoms with Crippen molar-refractivity contribution in [3.05, 3.63) is 12.2 Å². The Morgan fingerprint density at radius 1 is 1.05 bits per heavy atom. The van der Waals surface area contributed by atoms with Crippen molar-refractivity contribution in [2.24, 2.45) is 0 Å². The van der Waals surface area contributed by atoms with Gasteiger partial charge in [0.1, 0.15) is 6.61 Å². The molecule has 8 heteroatoms. The third-order valence-electron chi connectivity index (χ3n) is 2.01. The van der Waals surface area contributed by atoms with E-state index in [4.69, 9.17) is 4.74 Å². The Hall–Kier alpha value is -2.22. The van der Waals surface area contributed by atoms with Crippen molar-refractivity contribution in [2.45, 2.75) is 26.4 Å². The van der Waals surface area contributed by atoms with Crippen molar-refractivity contribution in [3.8, 4) is 0 Å². The summed E-state index contributed by atoms with van der Waals surface area (Å²) in [6, 6.07) is 0. The minimum absolute atomic E-state index is 0.109. The summed E-state index contributed by atoms with van der Waals surface area (Å²) in [4.78, 5) is 45.0. The molecule has 1 unspecified atom stereocenters. The molecule has 0 saturated carbocycles. The molecule has 0 aromatic heterocycles. The van der Waals surface area contributed by atoms with Gasteiger partial charge in [-0.05, 0) is 13.3 Å². The normalized spacial score (nSPS) is 11.8. The van der Waals surface area contributed by atoms with Gasteiger partial charge in [-0.25, -0.2) is 19.2 Å². The maximum absolute atomic E-state index is 11.5. The third-order valence-corrected chi connectivity index (χ3v) is 2.01. The molecule has 0 bridgehead atoms. The Kier molecular flexibility index (Phi) is 9.44. The number of ether oxygens (including phenoxy) is 4. The molecule has 0 amide bonds. The Labute approximate surface area is 122 Å². The van der Waals surface area contributed by atoms with Crippen molar-refractivity contribution in [2.75, 3.05) is 20.3 Å². The van der Waals surface area contributed by atoms with Crippen LogP contribution in [0.3, 0.4) is 0 Å². The van der Waals surface area contributed by atoms with Gasteiger partial charge in [-0.1, -0.05) is 6.92 Å². The molecule has 21 heavy (non-hydrogen) atoms. The number of methoxy groups -OCH3 is 1. The minimum atomic E-state index is -1.25. The Bertz CT molecular complexity index is 412. The molecule has 0 aliphatic rings. The van der Waals surface area contributed by atoms with E-state index in [1.807, 2.05) is 0 Å². The lowest BCUT2D eigenvalue weighted by molar-refractivity contribution is -0.174. The summed E-state index contributed by atoms with van der Waals surface area (Å²) >= 11 is 0. The second-order valence-electron chi connectivity index (χ2n) is 3.65. The van der Waals surface area contributed by atoms with E-state index in [0.717, 1.165) is 12.2 Å². The zero-order valence-electron chi connectivity index (χ0n) is 12.1. The fourth-order valence-electron chi connectivity index (χ4n) is 1.13. The Balaban J connectivity index is 4.42.